The van der Waals surface area contributed by atoms with E-state index >= 15 is 0 Å². The second-order valence-electron chi connectivity index (χ2n) is 7.06. The molecule has 9 heteroatoms. The van der Waals surface area contributed by atoms with Gasteiger partial charge in [0.1, 0.15) is 11.6 Å². The van der Waals surface area contributed by atoms with Crippen molar-refractivity contribution in [2.75, 3.05) is 10.6 Å². The molecular formula is C22H20ClFN6O. The number of hydrogen-bond donors (Lipinski definition) is 2. The molecule has 2 N–H and O–H groups in total. The van der Waals surface area contributed by atoms with Crippen LogP contribution in [0.3, 0.4) is 0 Å². The molecule has 4 rings (SSSR count). The first kappa shape index (κ1) is 20.7. The predicted octanol–water partition coefficient (Wildman–Crippen LogP) is 4.41. The Balaban J connectivity index is 1.40. The van der Waals surface area contributed by atoms with Crippen LogP contribution in [0.4, 0.5) is 15.9 Å². The van der Waals surface area contributed by atoms with Gasteiger partial charge in [-0.05, 0) is 48.4 Å². The van der Waals surface area contributed by atoms with Crippen LogP contribution < -0.4 is 10.6 Å². The number of nitrogens with zero attached hydrogens (tertiary/aromatic N) is 4. The fraction of sp³-hybridized carbons (Fsp3) is 0.182. The number of aryl methyl sites for hydroxylation is 2. The minimum Gasteiger partial charge on any atom is -0.364 e. The first-order valence-electron chi connectivity index (χ1n) is 9.74. The Bertz CT molecular complexity index is 1240. The summed E-state index contributed by atoms with van der Waals surface area (Å²) in [6, 6.07) is 15.8. The molecule has 0 saturated heterocycles. The third kappa shape index (κ3) is 4.97. The zero-order valence-electron chi connectivity index (χ0n) is 16.8. The lowest BCUT2D eigenvalue weighted by molar-refractivity contribution is -0.116. The van der Waals surface area contributed by atoms with Crippen molar-refractivity contribution in [1.29, 1.82) is 0 Å². The first-order valence-corrected chi connectivity index (χ1v) is 10.1. The third-order valence-corrected chi connectivity index (χ3v) is 5.15. The highest BCUT2D eigenvalue weighted by atomic mass is 35.5. The number of aromatic nitrogens is 4. The third-order valence-electron chi connectivity index (χ3n) is 4.78. The maximum absolute atomic E-state index is 13.6. The number of fused-ring (bicyclic) bond motifs is 1. The van der Waals surface area contributed by atoms with Gasteiger partial charge in [0.05, 0.1) is 0 Å². The van der Waals surface area contributed by atoms with Gasteiger partial charge in [-0.3, -0.25) is 4.79 Å². The van der Waals surface area contributed by atoms with E-state index in [0.717, 1.165) is 5.56 Å². The number of nitrogens with one attached hydrogen (secondary N) is 2. The number of anilines is 2. The van der Waals surface area contributed by atoms with Crippen molar-refractivity contribution in [3.63, 3.8) is 0 Å². The smallest absolute Gasteiger partial charge is 0.224 e. The molecular weight excluding hydrogens is 419 g/mol. The molecule has 2 aromatic heterocycles. The number of carbonyl (C=O) groups excluding carboxylic acids is 1. The summed E-state index contributed by atoms with van der Waals surface area (Å²) in [5.41, 5.74) is 2.49. The molecule has 158 valence electrons. The summed E-state index contributed by atoms with van der Waals surface area (Å²) in [6.45, 7) is 2.19. The summed E-state index contributed by atoms with van der Waals surface area (Å²) in [4.78, 5) is 12.3. The molecule has 31 heavy (non-hydrogen) atoms. The Morgan fingerprint density at radius 1 is 1.13 bits per heavy atom. The van der Waals surface area contributed by atoms with Gasteiger partial charge in [0.25, 0.3) is 0 Å². The summed E-state index contributed by atoms with van der Waals surface area (Å²) >= 11 is 6.19. The highest BCUT2D eigenvalue weighted by Gasteiger charge is 2.11. The van der Waals surface area contributed by atoms with Crippen molar-refractivity contribution in [2.24, 2.45) is 0 Å². The van der Waals surface area contributed by atoms with Crippen molar-refractivity contribution < 1.29 is 9.18 Å². The summed E-state index contributed by atoms with van der Waals surface area (Å²) in [5.74, 6) is 0.588. The van der Waals surface area contributed by atoms with Crippen molar-refractivity contribution >= 4 is 34.7 Å². The highest BCUT2D eigenvalue weighted by Crippen LogP contribution is 2.17. The number of hydrogen-bond acceptors (Lipinski definition) is 5. The molecule has 0 radical (unpaired) electrons. The van der Waals surface area contributed by atoms with Crippen LogP contribution in [-0.2, 0) is 17.8 Å². The fourth-order valence-corrected chi connectivity index (χ4v) is 3.23. The van der Waals surface area contributed by atoms with Crippen LogP contribution >= 0.6 is 11.6 Å². The average molecular weight is 439 g/mol. The van der Waals surface area contributed by atoms with Gasteiger partial charge in [-0.15, -0.1) is 15.3 Å². The largest absolute Gasteiger partial charge is 0.364 e. The highest BCUT2D eigenvalue weighted by molar-refractivity contribution is 6.31. The molecule has 0 aliphatic carbocycles. The van der Waals surface area contributed by atoms with Crippen LogP contribution in [0.2, 0.25) is 5.02 Å². The van der Waals surface area contributed by atoms with Crippen LogP contribution in [-0.4, -0.2) is 25.7 Å². The Hall–Kier alpha value is -3.52. The lowest BCUT2D eigenvalue weighted by Gasteiger charge is -2.08. The lowest BCUT2D eigenvalue weighted by Crippen LogP contribution is -2.14. The second-order valence-corrected chi connectivity index (χ2v) is 7.47. The molecule has 0 spiro atoms. The minimum absolute atomic E-state index is 0.162. The molecule has 2 aromatic carbocycles. The van der Waals surface area contributed by atoms with E-state index in [4.69, 9.17) is 11.6 Å². The normalized spacial score (nSPS) is 10.9. The molecule has 1 amide bonds. The first-order chi connectivity index (χ1) is 15.0. The summed E-state index contributed by atoms with van der Waals surface area (Å²) < 4.78 is 15.3. The quantitative estimate of drug-likeness (QED) is 0.446. The number of benzene rings is 2. The van der Waals surface area contributed by atoms with Gasteiger partial charge in [-0.1, -0.05) is 35.9 Å². The number of carbonyl (C=O) groups is 1. The standard InChI is InChI=1S/C22H20ClFN6O/c1-14-6-7-16(12-18(14)24)26-22(31)11-10-21-28-27-20-9-8-19(29-30(20)21)25-13-15-4-2-3-5-17(15)23/h2-9,12H,10-11,13H2,1H3,(H,25,29)(H,26,31). The summed E-state index contributed by atoms with van der Waals surface area (Å²) in [6.07, 6.45) is 0.498. The van der Waals surface area contributed by atoms with Gasteiger partial charge in [-0.25, -0.2) is 4.39 Å². The van der Waals surface area contributed by atoms with E-state index in [2.05, 4.69) is 25.9 Å². The summed E-state index contributed by atoms with van der Waals surface area (Å²) in [7, 11) is 0. The molecule has 0 atom stereocenters. The van der Waals surface area contributed by atoms with E-state index in [-0.39, 0.29) is 18.1 Å². The Kier molecular flexibility index (Phi) is 6.08. The van der Waals surface area contributed by atoms with Crippen molar-refractivity contribution in [2.45, 2.75) is 26.3 Å². The van der Waals surface area contributed by atoms with Gasteiger partial charge >= 0.3 is 0 Å². The van der Waals surface area contributed by atoms with Crippen molar-refractivity contribution in [3.05, 3.63) is 82.4 Å². The van der Waals surface area contributed by atoms with Crippen LogP contribution in [0.5, 0.6) is 0 Å². The van der Waals surface area contributed by atoms with E-state index in [1.807, 2.05) is 30.3 Å². The van der Waals surface area contributed by atoms with E-state index in [9.17, 15) is 9.18 Å². The van der Waals surface area contributed by atoms with Crippen LogP contribution in [0, 0.1) is 12.7 Å². The Labute approximate surface area is 183 Å². The van der Waals surface area contributed by atoms with Gasteiger partial charge < -0.3 is 10.6 Å². The average Bonchev–Trinajstić information content (AvgIpc) is 3.16. The fourth-order valence-electron chi connectivity index (χ4n) is 3.03. The Morgan fingerprint density at radius 3 is 2.77 bits per heavy atom. The molecule has 0 fully saturated rings. The van der Waals surface area contributed by atoms with E-state index < -0.39 is 0 Å². The van der Waals surface area contributed by atoms with Gasteiger partial charge in [0, 0.05) is 30.1 Å². The predicted molar refractivity (Wildman–Crippen MR) is 118 cm³/mol. The molecule has 0 aliphatic rings. The van der Waals surface area contributed by atoms with Crippen LogP contribution in [0.25, 0.3) is 5.65 Å². The molecule has 4 aromatic rings. The second kappa shape index (κ2) is 9.09. The molecule has 2 heterocycles. The monoisotopic (exact) mass is 438 g/mol. The lowest BCUT2D eigenvalue weighted by atomic mass is 10.2. The zero-order chi connectivity index (χ0) is 21.8. The number of rotatable bonds is 7. The van der Waals surface area contributed by atoms with Crippen molar-refractivity contribution in [3.8, 4) is 0 Å². The van der Waals surface area contributed by atoms with E-state index in [1.54, 1.807) is 29.6 Å². The van der Waals surface area contributed by atoms with E-state index in [1.165, 1.54) is 6.07 Å². The summed E-state index contributed by atoms with van der Waals surface area (Å²) in [5, 5.41) is 19.4. The SMILES string of the molecule is Cc1ccc(NC(=O)CCc2nnc3ccc(NCc4ccccc4Cl)nn23)cc1F. The Morgan fingerprint density at radius 2 is 1.97 bits per heavy atom. The molecule has 0 saturated carbocycles. The van der Waals surface area contributed by atoms with Crippen molar-refractivity contribution in [1.82, 2.24) is 19.8 Å². The minimum atomic E-state index is -0.359. The molecule has 0 bridgehead atoms. The molecule has 0 aliphatic heterocycles. The van der Waals surface area contributed by atoms with E-state index in [0.29, 0.717) is 46.5 Å². The van der Waals surface area contributed by atoms with Crippen LogP contribution in [0.1, 0.15) is 23.4 Å². The molecule has 0 unspecified atom stereocenters. The maximum Gasteiger partial charge on any atom is 0.224 e. The van der Waals surface area contributed by atoms with Gasteiger partial charge in [-0.2, -0.15) is 4.52 Å². The zero-order valence-corrected chi connectivity index (χ0v) is 17.5. The van der Waals surface area contributed by atoms with Crippen LogP contribution in [0.15, 0.2) is 54.6 Å². The van der Waals surface area contributed by atoms with Gasteiger partial charge in [0.15, 0.2) is 11.5 Å². The number of amides is 1. The number of halogens is 2. The van der Waals surface area contributed by atoms with Gasteiger partial charge in [0.2, 0.25) is 5.91 Å². The maximum atomic E-state index is 13.6. The molecule has 7 nitrogen and oxygen atoms in total. The topological polar surface area (TPSA) is 84.2 Å².